The molecule has 0 aliphatic carbocycles. The molecule has 28 heavy (non-hydrogen) atoms. The molecule has 0 bridgehead atoms. The third-order valence-corrected chi connectivity index (χ3v) is 8.62. The molecule has 2 aromatic rings. The van der Waals surface area contributed by atoms with Crippen LogP contribution < -0.4 is 0 Å². The van der Waals surface area contributed by atoms with Gasteiger partial charge >= 0.3 is 0 Å². The van der Waals surface area contributed by atoms with Crippen molar-refractivity contribution in [3.63, 3.8) is 0 Å². The van der Waals surface area contributed by atoms with Crippen molar-refractivity contribution in [1.82, 2.24) is 8.61 Å². The van der Waals surface area contributed by atoms with Crippen LogP contribution in [0.4, 0.5) is 0 Å². The van der Waals surface area contributed by atoms with Gasteiger partial charge in [-0.15, -0.1) is 0 Å². The predicted molar refractivity (Wildman–Crippen MR) is 105 cm³/mol. The van der Waals surface area contributed by atoms with Crippen LogP contribution in [0.25, 0.3) is 0 Å². The van der Waals surface area contributed by atoms with Crippen LogP contribution in [0.5, 0.6) is 0 Å². The lowest BCUT2D eigenvalue weighted by atomic mass is 10.2. The number of sulfonamides is 2. The summed E-state index contributed by atoms with van der Waals surface area (Å²) >= 11 is 11.8. The van der Waals surface area contributed by atoms with Gasteiger partial charge in [-0.3, -0.25) is 0 Å². The largest absolute Gasteiger partial charge is 0.244 e. The number of rotatable bonds is 4. The van der Waals surface area contributed by atoms with Gasteiger partial charge in [0.15, 0.2) is 0 Å². The fourth-order valence-corrected chi connectivity index (χ4v) is 6.42. The normalized spacial score (nSPS) is 16.6. The standard InChI is InChI=1S/C17H15Cl2N3O4S2/c18-14-2-1-3-16(10-14)27(23,24)21-6-8-22(9-7-21)28(25,26)17-11-15(19)5-4-13(17)12-20/h1-5,10-11H,6-9H2. The summed E-state index contributed by atoms with van der Waals surface area (Å²) in [6.07, 6.45) is 0. The van der Waals surface area contributed by atoms with Crippen LogP contribution >= 0.6 is 23.2 Å². The molecule has 7 nitrogen and oxygen atoms in total. The molecule has 0 radical (unpaired) electrons. The quantitative estimate of drug-likeness (QED) is 0.699. The smallest absolute Gasteiger partial charge is 0.207 e. The zero-order valence-corrected chi connectivity index (χ0v) is 17.6. The molecule has 1 saturated heterocycles. The summed E-state index contributed by atoms with van der Waals surface area (Å²) in [7, 11) is -7.77. The van der Waals surface area contributed by atoms with Crippen LogP contribution in [-0.4, -0.2) is 51.6 Å². The van der Waals surface area contributed by atoms with Gasteiger partial charge in [0.05, 0.1) is 10.5 Å². The zero-order valence-electron chi connectivity index (χ0n) is 14.4. The number of hydrogen-bond acceptors (Lipinski definition) is 5. The SMILES string of the molecule is N#Cc1ccc(Cl)cc1S(=O)(=O)N1CCN(S(=O)(=O)c2cccc(Cl)c2)CC1. The number of benzene rings is 2. The Morgan fingerprint density at radius 2 is 1.39 bits per heavy atom. The summed E-state index contributed by atoms with van der Waals surface area (Å²) in [5.41, 5.74) is -0.0154. The van der Waals surface area contributed by atoms with E-state index in [4.69, 9.17) is 23.2 Å². The van der Waals surface area contributed by atoms with Gasteiger partial charge < -0.3 is 0 Å². The molecule has 0 amide bonds. The van der Waals surface area contributed by atoms with Gasteiger partial charge in [-0.05, 0) is 36.4 Å². The Kier molecular flexibility index (Phi) is 6.00. The Morgan fingerprint density at radius 3 is 1.96 bits per heavy atom. The Morgan fingerprint density at radius 1 is 0.821 bits per heavy atom. The van der Waals surface area contributed by atoms with Gasteiger partial charge in [0, 0.05) is 36.2 Å². The number of hydrogen-bond donors (Lipinski definition) is 0. The third-order valence-electron chi connectivity index (χ3n) is 4.31. The van der Waals surface area contributed by atoms with E-state index < -0.39 is 20.0 Å². The van der Waals surface area contributed by atoms with Crippen molar-refractivity contribution in [2.24, 2.45) is 0 Å². The summed E-state index contributed by atoms with van der Waals surface area (Å²) in [5.74, 6) is 0. The molecule has 1 aliphatic heterocycles. The van der Waals surface area contributed by atoms with Crippen molar-refractivity contribution < 1.29 is 16.8 Å². The first-order valence-electron chi connectivity index (χ1n) is 8.12. The van der Waals surface area contributed by atoms with Crippen molar-refractivity contribution >= 4 is 43.2 Å². The first-order valence-corrected chi connectivity index (χ1v) is 11.8. The molecule has 3 rings (SSSR count). The van der Waals surface area contributed by atoms with Crippen molar-refractivity contribution in [1.29, 1.82) is 5.26 Å². The maximum Gasteiger partial charge on any atom is 0.244 e. The van der Waals surface area contributed by atoms with Crippen LogP contribution in [-0.2, 0) is 20.0 Å². The Hall–Kier alpha value is -1.67. The van der Waals surface area contributed by atoms with Crippen LogP contribution in [0.15, 0.2) is 52.3 Å². The molecule has 1 fully saturated rings. The number of piperazine rings is 1. The highest BCUT2D eigenvalue weighted by molar-refractivity contribution is 7.89. The van der Waals surface area contributed by atoms with Crippen LogP contribution in [0.2, 0.25) is 10.0 Å². The highest BCUT2D eigenvalue weighted by Gasteiger charge is 2.34. The Bertz CT molecular complexity index is 1150. The van der Waals surface area contributed by atoms with Gasteiger partial charge in [-0.1, -0.05) is 29.3 Å². The highest BCUT2D eigenvalue weighted by Crippen LogP contribution is 2.26. The van der Waals surface area contributed by atoms with E-state index in [0.717, 1.165) is 4.31 Å². The van der Waals surface area contributed by atoms with E-state index in [1.54, 1.807) is 12.1 Å². The average Bonchev–Trinajstić information content (AvgIpc) is 2.68. The molecule has 0 unspecified atom stereocenters. The molecule has 0 spiro atoms. The molecule has 11 heteroatoms. The molecule has 0 aromatic heterocycles. The summed E-state index contributed by atoms with van der Waals surface area (Å²) in [4.78, 5) is -0.133. The second-order valence-electron chi connectivity index (χ2n) is 6.02. The Balaban J connectivity index is 1.82. The van der Waals surface area contributed by atoms with Crippen LogP contribution in [0.1, 0.15) is 5.56 Å². The van der Waals surface area contributed by atoms with Gasteiger partial charge in [0.25, 0.3) is 0 Å². The summed E-state index contributed by atoms with van der Waals surface area (Å²) < 4.78 is 53.7. The summed E-state index contributed by atoms with van der Waals surface area (Å²) in [6, 6.07) is 11.8. The lowest BCUT2D eigenvalue weighted by molar-refractivity contribution is 0.273. The van der Waals surface area contributed by atoms with Gasteiger partial charge in [0.2, 0.25) is 20.0 Å². The van der Waals surface area contributed by atoms with E-state index in [9.17, 15) is 22.1 Å². The number of nitrogens with zero attached hydrogens (tertiary/aromatic N) is 3. The number of nitriles is 1. The average molecular weight is 460 g/mol. The van der Waals surface area contributed by atoms with Crippen LogP contribution in [0.3, 0.4) is 0 Å². The van der Waals surface area contributed by atoms with Crippen molar-refractivity contribution in [2.75, 3.05) is 26.2 Å². The van der Waals surface area contributed by atoms with E-state index in [0.29, 0.717) is 5.02 Å². The molecule has 0 N–H and O–H groups in total. The monoisotopic (exact) mass is 459 g/mol. The van der Waals surface area contributed by atoms with Crippen molar-refractivity contribution in [3.05, 3.63) is 58.1 Å². The van der Waals surface area contributed by atoms with E-state index in [-0.39, 0.29) is 46.6 Å². The maximum absolute atomic E-state index is 12.9. The van der Waals surface area contributed by atoms with Crippen molar-refractivity contribution in [3.8, 4) is 6.07 Å². The topological polar surface area (TPSA) is 98.5 Å². The Labute approximate surface area is 173 Å². The summed E-state index contributed by atoms with van der Waals surface area (Å²) in [5, 5.41) is 9.69. The first kappa shape index (κ1) is 21.0. The third kappa shape index (κ3) is 4.03. The van der Waals surface area contributed by atoms with E-state index >= 15 is 0 Å². The molecule has 0 saturated carbocycles. The molecular formula is C17H15Cl2N3O4S2. The number of halogens is 2. The van der Waals surface area contributed by atoms with Crippen molar-refractivity contribution in [2.45, 2.75) is 9.79 Å². The predicted octanol–water partition coefficient (Wildman–Crippen LogP) is 2.56. The fraction of sp³-hybridized carbons (Fsp3) is 0.235. The minimum absolute atomic E-state index is 0.0154. The van der Waals surface area contributed by atoms with E-state index in [1.165, 1.54) is 34.6 Å². The second kappa shape index (κ2) is 7.99. The zero-order chi connectivity index (χ0) is 20.5. The molecule has 2 aromatic carbocycles. The first-order chi connectivity index (χ1) is 13.2. The molecule has 148 valence electrons. The minimum Gasteiger partial charge on any atom is -0.207 e. The van der Waals surface area contributed by atoms with Gasteiger partial charge in [-0.2, -0.15) is 13.9 Å². The van der Waals surface area contributed by atoms with Crippen LogP contribution in [0, 0.1) is 11.3 Å². The second-order valence-corrected chi connectivity index (χ2v) is 10.7. The lowest BCUT2D eigenvalue weighted by Crippen LogP contribution is -2.50. The maximum atomic E-state index is 12.9. The lowest BCUT2D eigenvalue weighted by Gasteiger charge is -2.33. The molecule has 0 atom stereocenters. The van der Waals surface area contributed by atoms with Gasteiger partial charge in [-0.25, -0.2) is 16.8 Å². The molecular weight excluding hydrogens is 445 g/mol. The summed E-state index contributed by atoms with van der Waals surface area (Å²) in [6.45, 7) is -0.119. The molecule has 1 heterocycles. The van der Waals surface area contributed by atoms with Gasteiger partial charge in [0.1, 0.15) is 11.0 Å². The highest BCUT2D eigenvalue weighted by atomic mass is 35.5. The molecule has 1 aliphatic rings. The van der Waals surface area contributed by atoms with E-state index in [2.05, 4.69) is 0 Å². The fourth-order valence-electron chi connectivity index (χ4n) is 2.87. The minimum atomic E-state index is -3.98. The van der Waals surface area contributed by atoms with E-state index in [1.807, 2.05) is 6.07 Å².